The number of pyridine rings is 3. The van der Waals surface area contributed by atoms with Gasteiger partial charge in [-0.3, -0.25) is 24.8 Å². The summed E-state index contributed by atoms with van der Waals surface area (Å²) >= 11 is 0. The number of aromatic nitrogens is 3. The van der Waals surface area contributed by atoms with Crippen molar-refractivity contribution in [1.29, 1.82) is 0 Å². The molecule has 0 atom stereocenters. The predicted molar refractivity (Wildman–Crippen MR) is 219 cm³/mol. The lowest BCUT2D eigenvalue weighted by Gasteiger charge is -2.24. The highest BCUT2D eigenvalue weighted by molar-refractivity contribution is 5.86. The molecule has 0 unspecified atom stereocenters. The molecule has 6 N–H and O–H groups in total. The van der Waals surface area contributed by atoms with Crippen molar-refractivity contribution in [2.45, 2.75) is 39.3 Å². The summed E-state index contributed by atoms with van der Waals surface area (Å²) in [7, 11) is 0. The number of fused-ring (bicyclic) bond motifs is 4. The molecule has 286 valence electrons. The second-order valence-corrected chi connectivity index (χ2v) is 11.6. The molecule has 0 fully saturated rings. The number of hydrogen-bond acceptors (Lipinski definition) is 11. The van der Waals surface area contributed by atoms with Crippen molar-refractivity contribution in [2.75, 3.05) is 78.5 Å². The lowest BCUT2D eigenvalue weighted by Crippen LogP contribution is -2.41. The predicted octanol–water partition coefficient (Wildman–Crippen LogP) is 2.97. The summed E-state index contributed by atoms with van der Waals surface area (Å²) in [5.74, 6) is 0. The average molecular weight is 821 g/mol. The minimum absolute atomic E-state index is 0. The largest absolute Gasteiger partial charge is 0.310 e. The molecule has 0 saturated carbocycles. The average Bonchev–Trinajstić information content (AvgIpc) is 3.04. The molecule has 50 heavy (non-hydrogen) atoms. The van der Waals surface area contributed by atoms with Crippen LogP contribution >= 0.6 is 74.4 Å². The SMILES string of the molecule is Cl.Cl.Cl.Cl.Cl.Cl.c1cc(CNCCN2CCNCc3cccc(n3)CNCC2)nc(CNCCN2CCNCc3cccc(n3)CNCC2)c1. The summed E-state index contributed by atoms with van der Waals surface area (Å²) in [6.07, 6.45) is 0. The van der Waals surface area contributed by atoms with Crippen LogP contribution in [0.15, 0.2) is 54.6 Å². The summed E-state index contributed by atoms with van der Waals surface area (Å²) in [6, 6.07) is 18.9. The number of hydrogen-bond donors (Lipinski definition) is 6. The van der Waals surface area contributed by atoms with Crippen molar-refractivity contribution < 1.29 is 0 Å². The van der Waals surface area contributed by atoms with Crippen molar-refractivity contribution in [3.63, 3.8) is 0 Å². The summed E-state index contributed by atoms with van der Waals surface area (Å²) in [6.45, 7) is 16.7. The Morgan fingerprint density at radius 3 is 1.12 bits per heavy atom. The highest BCUT2D eigenvalue weighted by Gasteiger charge is 2.09. The highest BCUT2D eigenvalue weighted by atomic mass is 35.5. The molecule has 3 aromatic rings. The van der Waals surface area contributed by atoms with Crippen LogP contribution in [0.5, 0.6) is 0 Å². The van der Waals surface area contributed by atoms with Crippen LogP contribution in [-0.2, 0) is 39.3 Å². The number of nitrogens with one attached hydrogen (secondary N) is 6. The molecule has 2 aliphatic heterocycles. The zero-order valence-corrected chi connectivity index (χ0v) is 33.5. The van der Waals surface area contributed by atoms with Gasteiger partial charge >= 0.3 is 0 Å². The first kappa shape index (κ1) is 51.0. The van der Waals surface area contributed by atoms with Crippen molar-refractivity contribution in [3.05, 3.63) is 88.8 Å². The molecular formula is C33H57Cl6N11. The Kier molecular flexibility index (Phi) is 30.9. The van der Waals surface area contributed by atoms with E-state index in [9.17, 15) is 0 Å². The molecule has 2 aliphatic rings. The summed E-state index contributed by atoms with van der Waals surface area (Å²) in [4.78, 5) is 19.4. The highest BCUT2D eigenvalue weighted by Crippen LogP contribution is 2.03. The molecule has 0 spiro atoms. The van der Waals surface area contributed by atoms with Crippen LogP contribution < -0.4 is 31.9 Å². The van der Waals surface area contributed by atoms with Crippen LogP contribution in [0.1, 0.15) is 34.2 Å². The van der Waals surface area contributed by atoms with E-state index in [0.717, 1.165) is 152 Å². The Morgan fingerprint density at radius 1 is 0.460 bits per heavy atom. The fourth-order valence-electron chi connectivity index (χ4n) is 5.57. The number of halogens is 6. The molecule has 0 aliphatic carbocycles. The fourth-order valence-corrected chi connectivity index (χ4v) is 5.57. The molecule has 17 heteroatoms. The van der Waals surface area contributed by atoms with E-state index in [1.54, 1.807) is 0 Å². The molecular weight excluding hydrogens is 763 g/mol. The van der Waals surface area contributed by atoms with Gasteiger partial charge in [-0.05, 0) is 36.4 Å². The normalized spacial score (nSPS) is 15.8. The monoisotopic (exact) mass is 817 g/mol. The molecule has 0 amide bonds. The van der Waals surface area contributed by atoms with Gasteiger partial charge in [0, 0.05) is 118 Å². The van der Waals surface area contributed by atoms with E-state index in [1.165, 1.54) is 0 Å². The maximum absolute atomic E-state index is 4.90. The van der Waals surface area contributed by atoms with Crippen LogP contribution in [0.25, 0.3) is 0 Å². The van der Waals surface area contributed by atoms with Gasteiger partial charge in [0.15, 0.2) is 0 Å². The molecule has 0 radical (unpaired) electrons. The van der Waals surface area contributed by atoms with Crippen molar-refractivity contribution in [3.8, 4) is 0 Å². The maximum Gasteiger partial charge on any atom is 0.0545 e. The van der Waals surface area contributed by atoms with Crippen molar-refractivity contribution in [1.82, 2.24) is 56.7 Å². The molecule has 0 aromatic carbocycles. The van der Waals surface area contributed by atoms with Crippen molar-refractivity contribution in [2.24, 2.45) is 0 Å². The topological polar surface area (TPSA) is 117 Å². The summed E-state index contributed by atoms with van der Waals surface area (Å²) in [5.41, 5.74) is 6.62. The molecule has 11 nitrogen and oxygen atoms in total. The first-order valence-electron chi connectivity index (χ1n) is 16.3. The molecule has 0 saturated heterocycles. The van der Waals surface area contributed by atoms with Gasteiger partial charge in [0.1, 0.15) is 0 Å². The Balaban J connectivity index is 0. The Hall–Kier alpha value is -1.13. The minimum Gasteiger partial charge on any atom is -0.310 e. The smallest absolute Gasteiger partial charge is 0.0545 e. The van der Waals surface area contributed by atoms with Crippen LogP contribution in [0.2, 0.25) is 0 Å². The third-order valence-corrected chi connectivity index (χ3v) is 8.06. The van der Waals surface area contributed by atoms with Gasteiger partial charge in [0.2, 0.25) is 0 Å². The van der Waals surface area contributed by atoms with E-state index in [4.69, 9.17) is 15.0 Å². The minimum atomic E-state index is 0. The van der Waals surface area contributed by atoms with E-state index in [-0.39, 0.29) is 74.4 Å². The standard InChI is InChI=1S/C33H51N11.6ClH/c1-4-28-22-34-10-16-43(17-11-35-23-29(5-1)40-28)20-14-38-26-32-8-3-9-33(42-32)27-39-15-21-44-18-12-36-24-30-6-2-7-31(41-30)25-37-13-19-44;;;;;;/h1-9,34-39H,10-27H2;6*1H. The first-order chi connectivity index (χ1) is 21.8. The van der Waals surface area contributed by atoms with E-state index < -0.39 is 0 Å². The lowest BCUT2D eigenvalue weighted by molar-refractivity contribution is 0.269. The third kappa shape index (κ3) is 19.6. The van der Waals surface area contributed by atoms with Gasteiger partial charge in [-0.2, -0.15) is 0 Å². The molecule has 4 bridgehead atoms. The van der Waals surface area contributed by atoms with Gasteiger partial charge in [-0.15, -0.1) is 74.4 Å². The van der Waals surface area contributed by atoms with E-state index in [0.29, 0.717) is 0 Å². The first-order valence-corrected chi connectivity index (χ1v) is 16.3. The Labute approximate surface area is 335 Å². The van der Waals surface area contributed by atoms with Gasteiger partial charge in [0.05, 0.1) is 34.2 Å². The quantitative estimate of drug-likeness (QED) is 0.170. The zero-order chi connectivity index (χ0) is 30.1. The Morgan fingerprint density at radius 2 is 0.780 bits per heavy atom. The molecule has 5 rings (SSSR count). The van der Waals surface area contributed by atoms with Crippen LogP contribution in [0.3, 0.4) is 0 Å². The number of rotatable bonds is 10. The Bertz CT molecular complexity index is 1120. The van der Waals surface area contributed by atoms with Crippen molar-refractivity contribution >= 4 is 74.4 Å². The molecule has 5 heterocycles. The fraction of sp³-hybridized carbons (Fsp3) is 0.545. The summed E-state index contributed by atoms with van der Waals surface area (Å²) < 4.78 is 0. The van der Waals surface area contributed by atoms with Crippen LogP contribution in [-0.4, -0.2) is 103 Å². The van der Waals surface area contributed by atoms with E-state index in [2.05, 4.69) is 96.3 Å². The van der Waals surface area contributed by atoms with Crippen LogP contribution in [0, 0.1) is 0 Å². The number of nitrogens with zero attached hydrogens (tertiary/aromatic N) is 5. The van der Waals surface area contributed by atoms with Gasteiger partial charge in [-0.1, -0.05) is 18.2 Å². The van der Waals surface area contributed by atoms with Gasteiger partial charge in [0.25, 0.3) is 0 Å². The van der Waals surface area contributed by atoms with Gasteiger partial charge in [-0.25, -0.2) is 0 Å². The summed E-state index contributed by atoms with van der Waals surface area (Å²) in [5, 5.41) is 21.4. The molecule has 3 aromatic heterocycles. The lowest BCUT2D eigenvalue weighted by atomic mass is 10.2. The third-order valence-electron chi connectivity index (χ3n) is 8.06. The second kappa shape index (κ2) is 30.3. The zero-order valence-electron chi connectivity index (χ0n) is 28.6. The van der Waals surface area contributed by atoms with Crippen LogP contribution in [0.4, 0.5) is 0 Å². The van der Waals surface area contributed by atoms with Gasteiger partial charge < -0.3 is 31.9 Å². The maximum atomic E-state index is 4.90. The second-order valence-electron chi connectivity index (χ2n) is 11.6. The van der Waals surface area contributed by atoms with E-state index >= 15 is 0 Å². The van der Waals surface area contributed by atoms with E-state index in [1.807, 2.05) is 0 Å².